The van der Waals surface area contributed by atoms with E-state index < -0.39 is 22.2 Å². The number of carbonyl (C=O) groups is 1. The van der Waals surface area contributed by atoms with Gasteiger partial charge in [-0.15, -0.1) is 0 Å². The summed E-state index contributed by atoms with van der Waals surface area (Å²) in [7, 11) is -3.50. The Morgan fingerprint density at radius 1 is 1.50 bits per heavy atom. The Morgan fingerprint density at radius 2 is 2.25 bits per heavy atom. The minimum Gasteiger partial charge on any atom is -0.313 e. The van der Waals surface area contributed by atoms with Crippen molar-refractivity contribution in [3.05, 3.63) is 0 Å². The molecule has 12 heavy (non-hydrogen) atoms. The second-order valence-electron chi connectivity index (χ2n) is 2.80. The number of nitrogens with zero attached hydrogens (tertiary/aromatic N) is 1. The van der Waals surface area contributed by atoms with Crippen molar-refractivity contribution in [2.45, 2.75) is 6.04 Å². The first-order valence-electron chi connectivity index (χ1n) is 3.65. The predicted octanol–water partition coefficient (Wildman–Crippen LogP) is -2.37. The molecule has 2 aliphatic heterocycles. The Kier molecular flexibility index (Phi) is 1.60. The van der Waals surface area contributed by atoms with Gasteiger partial charge in [0.1, 0.15) is 6.04 Å². The molecule has 0 aromatic carbocycles. The molecule has 1 atom stereocenters. The van der Waals surface area contributed by atoms with Crippen LogP contribution in [-0.2, 0) is 15.0 Å². The van der Waals surface area contributed by atoms with Crippen molar-refractivity contribution in [1.29, 1.82) is 0 Å². The molecule has 0 aliphatic carbocycles. The molecular weight excluding hydrogens is 182 g/mol. The standard InChI is InChI=1S/C5H9N3O3S/c9-5-4-3-6-1-2-8(4)12(10,11)7-5/h4,6H,1-3H2,(H,7,9)/t4-/m1/s1. The van der Waals surface area contributed by atoms with E-state index in [9.17, 15) is 13.2 Å². The summed E-state index contributed by atoms with van der Waals surface area (Å²) < 4.78 is 25.5. The Hall–Kier alpha value is -0.660. The van der Waals surface area contributed by atoms with Gasteiger partial charge >= 0.3 is 10.2 Å². The van der Waals surface area contributed by atoms with E-state index in [1.54, 1.807) is 0 Å². The fourth-order valence-electron chi connectivity index (χ4n) is 1.45. The van der Waals surface area contributed by atoms with Gasteiger partial charge in [-0.1, -0.05) is 0 Å². The van der Waals surface area contributed by atoms with Crippen LogP contribution in [0.15, 0.2) is 0 Å². The number of hydrogen-bond donors (Lipinski definition) is 2. The van der Waals surface area contributed by atoms with Crippen LogP contribution >= 0.6 is 0 Å². The van der Waals surface area contributed by atoms with Crippen LogP contribution < -0.4 is 10.0 Å². The molecule has 2 rings (SSSR count). The molecule has 68 valence electrons. The Morgan fingerprint density at radius 3 is 2.92 bits per heavy atom. The van der Waals surface area contributed by atoms with E-state index in [1.165, 1.54) is 4.31 Å². The van der Waals surface area contributed by atoms with Crippen LogP contribution in [0.25, 0.3) is 0 Å². The van der Waals surface area contributed by atoms with E-state index in [-0.39, 0.29) is 0 Å². The molecule has 0 unspecified atom stereocenters. The van der Waals surface area contributed by atoms with Crippen LogP contribution in [-0.4, -0.2) is 44.3 Å². The molecule has 2 heterocycles. The zero-order valence-corrected chi connectivity index (χ0v) is 7.10. The van der Waals surface area contributed by atoms with Gasteiger partial charge in [-0.25, -0.2) is 4.72 Å². The van der Waals surface area contributed by atoms with Gasteiger partial charge in [0.05, 0.1) is 0 Å². The molecule has 0 saturated carbocycles. The summed E-state index contributed by atoms with van der Waals surface area (Å²) in [5.74, 6) is -0.429. The quantitative estimate of drug-likeness (QED) is 0.449. The van der Waals surface area contributed by atoms with E-state index in [1.807, 2.05) is 4.72 Å². The second kappa shape index (κ2) is 2.41. The van der Waals surface area contributed by atoms with Gasteiger partial charge < -0.3 is 5.32 Å². The summed E-state index contributed by atoms with van der Waals surface area (Å²) in [4.78, 5) is 11.1. The summed E-state index contributed by atoms with van der Waals surface area (Å²) in [6.07, 6.45) is 0. The van der Waals surface area contributed by atoms with E-state index in [0.29, 0.717) is 19.6 Å². The summed E-state index contributed by atoms with van der Waals surface area (Å²) in [6.45, 7) is 1.38. The summed E-state index contributed by atoms with van der Waals surface area (Å²) >= 11 is 0. The van der Waals surface area contributed by atoms with Crippen LogP contribution in [0.4, 0.5) is 0 Å². The minimum atomic E-state index is -3.50. The normalized spacial score (nSPS) is 34.3. The molecule has 2 saturated heterocycles. The molecule has 6 nitrogen and oxygen atoms in total. The van der Waals surface area contributed by atoms with E-state index >= 15 is 0 Å². The number of carbonyl (C=O) groups excluding carboxylic acids is 1. The maximum absolute atomic E-state index is 11.2. The number of amides is 1. The first-order valence-corrected chi connectivity index (χ1v) is 5.09. The largest absolute Gasteiger partial charge is 0.313 e. The molecule has 2 N–H and O–H groups in total. The van der Waals surface area contributed by atoms with Gasteiger partial charge in [-0.2, -0.15) is 12.7 Å². The predicted molar refractivity (Wildman–Crippen MR) is 40.4 cm³/mol. The molecule has 0 aromatic heterocycles. The van der Waals surface area contributed by atoms with Crippen LogP contribution in [0.2, 0.25) is 0 Å². The number of piperazine rings is 1. The number of nitrogens with one attached hydrogen (secondary N) is 2. The maximum Gasteiger partial charge on any atom is 0.304 e. The molecule has 0 spiro atoms. The smallest absolute Gasteiger partial charge is 0.304 e. The van der Waals surface area contributed by atoms with E-state index in [0.717, 1.165) is 0 Å². The topological polar surface area (TPSA) is 78.5 Å². The van der Waals surface area contributed by atoms with Crippen LogP contribution in [0.1, 0.15) is 0 Å². The third kappa shape index (κ3) is 1.01. The molecular formula is C5H9N3O3S. The van der Waals surface area contributed by atoms with Crippen LogP contribution in [0.3, 0.4) is 0 Å². The lowest BCUT2D eigenvalue weighted by Crippen LogP contribution is -2.51. The van der Waals surface area contributed by atoms with Gasteiger partial charge in [0.2, 0.25) is 0 Å². The number of fused-ring (bicyclic) bond motifs is 1. The molecule has 1 amide bonds. The zero-order chi connectivity index (χ0) is 8.77. The van der Waals surface area contributed by atoms with Crippen molar-refractivity contribution in [1.82, 2.24) is 14.3 Å². The molecule has 7 heteroatoms. The minimum absolute atomic E-state index is 0.367. The van der Waals surface area contributed by atoms with Crippen molar-refractivity contribution >= 4 is 16.1 Å². The summed E-state index contributed by atoms with van der Waals surface area (Å²) in [6, 6.07) is -0.538. The van der Waals surface area contributed by atoms with Crippen LogP contribution in [0, 0.1) is 0 Å². The monoisotopic (exact) mass is 191 g/mol. The van der Waals surface area contributed by atoms with Crippen molar-refractivity contribution in [2.75, 3.05) is 19.6 Å². The lowest BCUT2D eigenvalue weighted by Gasteiger charge is -2.25. The SMILES string of the molecule is O=C1NS(=O)(=O)N2CCNC[C@H]12. The Balaban J connectivity index is 2.34. The van der Waals surface area contributed by atoms with Gasteiger partial charge in [-0.05, 0) is 0 Å². The highest BCUT2D eigenvalue weighted by molar-refractivity contribution is 7.88. The molecule has 0 radical (unpaired) electrons. The van der Waals surface area contributed by atoms with E-state index in [4.69, 9.17) is 0 Å². The maximum atomic E-state index is 11.2. The first-order chi connectivity index (χ1) is 5.61. The van der Waals surface area contributed by atoms with Gasteiger partial charge in [-0.3, -0.25) is 4.79 Å². The average molecular weight is 191 g/mol. The lowest BCUT2D eigenvalue weighted by atomic mass is 10.2. The van der Waals surface area contributed by atoms with Gasteiger partial charge in [0.25, 0.3) is 5.91 Å². The Labute approximate surface area is 70.1 Å². The van der Waals surface area contributed by atoms with E-state index in [2.05, 4.69) is 5.32 Å². The summed E-state index contributed by atoms with van der Waals surface area (Å²) in [5, 5.41) is 2.96. The average Bonchev–Trinajstić information content (AvgIpc) is 2.25. The van der Waals surface area contributed by atoms with Crippen LogP contribution in [0.5, 0.6) is 0 Å². The highest BCUT2D eigenvalue weighted by Gasteiger charge is 2.44. The fourth-order valence-corrected chi connectivity index (χ4v) is 2.80. The van der Waals surface area contributed by atoms with Crippen molar-refractivity contribution in [3.63, 3.8) is 0 Å². The molecule has 0 aromatic rings. The fraction of sp³-hybridized carbons (Fsp3) is 0.800. The van der Waals surface area contributed by atoms with Crippen molar-refractivity contribution < 1.29 is 13.2 Å². The first kappa shape index (κ1) is 7.96. The van der Waals surface area contributed by atoms with Gasteiger partial charge in [0.15, 0.2) is 0 Å². The highest BCUT2D eigenvalue weighted by Crippen LogP contribution is 2.14. The van der Waals surface area contributed by atoms with Crippen molar-refractivity contribution in [2.24, 2.45) is 0 Å². The zero-order valence-electron chi connectivity index (χ0n) is 6.28. The number of rotatable bonds is 0. The second-order valence-corrected chi connectivity index (χ2v) is 4.43. The summed E-state index contributed by atoms with van der Waals surface area (Å²) in [5.41, 5.74) is 0. The molecule has 2 fully saturated rings. The molecule has 0 bridgehead atoms. The number of hydrogen-bond acceptors (Lipinski definition) is 4. The third-order valence-electron chi connectivity index (χ3n) is 2.04. The Bertz CT molecular complexity index is 312. The highest BCUT2D eigenvalue weighted by atomic mass is 32.2. The van der Waals surface area contributed by atoms with Gasteiger partial charge in [0, 0.05) is 19.6 Å². The van der Waals surface area contributed by atoms with Crippen molar-refractivity contribution in [3.8, 4) is 0 Å². The molecule has 2 aliphatic rings. The lowest BCUT2D eigenvalue weighted by molar-refractivity contribution is -0.121. The third-order valence-corrected chi connectivity index (χ3v) is 3.55.